The van der Waals surface area contributed by atoms with Crippen LogP contribution in [0.3, 0.4) is 0 Å². The van der Waals surface area contributed by atoms with E-state index in [1.807, 2.05) is 0 Å². The smallest absolute Gasteiger partial charge is 0.218 e. The summed E-state index contributed by atoms with van der Waals surface area (Å²) in [7, 11) is 0. The summed E-state index contributed by atoms with van der Waals surface area (Å²) in [6.45, 7) is 0.579. The van der Waals surface area contributed by atoms with Gasteiger partial charge < -0.3 is 0 Å². The minimum atomic E-state index is 0.558. The van der Waals surface area contributed by atoms with Crippen LogP contribution in [0.5, 0.6) is 0 Å². The molecule has 2 aromatic rings. The van der Waals surface area contributed by atoms with Gasteiger partial charge in [-0.1, -0.05) is 0 Å². The fourth-order valence-corrected chi connectivity index (χ4v) is 2.20. The van der Waals surface area contributed by atoms with Crippen molar-refractivity contribution >= 4 is 43.6 Å². The van der Waals surface area contributed by atoms with Gasteiger partial charge in [0.15, 0.2) is 4.73 Å². The van der Waals surface area contributed by atoms with Crippen molar-refractivity contribution < 1.29 is 0 Å². The molecule has 2 rings (SSSR count). The Morgan fingerprint density at radius 3 is 2.85 bits per heavy atom. The number of nitrogens with zero attached hydrogens (tertiary/aromatic N) is 5. The van der Waals surface area contributed by atoms with Crippen molar-refractivity contribution in [1.82, 2.24) is 23.5 Å². The van der Waals surface area contributed by atoms with E-state index in [4.69, 9.17) is 0 Å². The first-order valence-electron chi connectivity index (χ1n) is 3.28. The van der Waals surface area contributed by atoms with Gasteiger partial charge in [-0.05, 0) is 31.9 Å². The molecule has 13 heavy (non-hydrogen) atoms. The molecule has 68 valence electrons. The quantitative estimate of drug-likeness (QED) is 0.843. The topological polar surface area (TPSA) is 56.5 Å². The molecule has 0 saturated heterocycles. The molecule has 0 atom stereocenters. The van der Waals surface area contributed by atoms with Crippen LogP contribution in [0.1, 0.15) is 5.69 Å². The Kier molecular flexibility index (Phi) is 2.70. The van der Waals surface area contributed by atoms with Crippen LogP contribution in [-0.2, 0) is 6.54 Å². The molecule has 0 spiro atoms. The van der Waals surface area contributed by atoms with Gasteiger partial charge in [0.05, 0.1) is 30.2 Å². The third kappa shape index (κ3) is 2.12. The summed E-state index contributed by atoms with van der Waals surface area (Å²) < 4.78 is 10.9. The van der Waals surface area contributed by atoms with Crippen LogP contribution in [0, 0.1) is 0 Å². The Hall–Kier alpha value is -0.340. The number of hydrogen-bond acceptors (Lipinski definition) is 5. The van der Waals surface area contributed by atoms with E-state index in [1.165, 1.54) is 11.7 Å². The molecular weight excluding hydrogens is 322 g/mol. The zero-order chi connectivity index (χ0) is 9.26. The van der Waals surface area contributed by atoms with Crippen molar-refractivity contribution in [2.45, 2.75) is 6.54 Å². The summed E-state index contributed by atoms with van der Waals surface area (Å²) in [5.74, 6) is 0. The SMILES string of the molecule is Brc1nc(Br)n(Cc2cnsn2)n1. The van der Waals surface area contributed by atoms with Crippen LogP contribution >= 0.6 is 43.6 Å². The highest BCUT2D eigenvalue weighted by Crippen LogP contribution is 2.12. The third-order valence-electron chi connectivity index (χ3n) is 1.32. The second kappa shape index (κ2) is 3.81. The van der Waals surface area contributed by atoms with E-state index in [2.05, 4.69) is 50.7 Å². The average Bonchev–Trinajstić information content (AvgIpc) is 2.63. The lowest BCUT2D eigenvalue weighted by molar-refractivity contribution is 0.655. The van der Waals surface area contributed by atoms with E-state index in [9.17, 15) is 0 Å². The molecule has 5 nitrogen and oxygen atoms in total. The minimum Gasteiger partial charge on any atom is -0.233 e. The highest BCUT2D eigenvalue weighted by Gasteiger charge is 2.06. The lowest BCUT2D eigenvalue weighted by Crippen LogP contribution is -2.02. The lowest BCUT2D eigenvalue weighted by Gasteiger charge is -1.95. The summed E-state index contributed by atoms with van der Waals surface area (Å²) in [5.41, 5.74) is 0.878. The van der Waals surface area contributed by atoms with Gasteiger partial charge in [-0.15, -0.1) is 5.10 Å². The summed E-state index contributed by atoms with van der Waals surface area (Å²) in [5, 5.41) is 4.10. The van der Waals surface area contributed by atoms with Crippen molar-refractivity contribution in [3.8, 4) is 0 Å². The Bertz CT molecular complexity index is 397. The molecule has 0 saturated carbocycles. The number of halogens is 2. The number of rotatable bonds is 2. The van der Waals surface area contributed by atoms with E-state index >= 15 is 0 Å². The molecular formula is C5H3Br2N5S. The monoisotopic (exact) mass is 323 g/mol. The molecule has 2 heterocycles. The Labute approximate surface area is 94.8 Å². The Morgan fingerprint density at radius 2 is 2.31 bits per heavy atom. The molecule has 0 aliphatic carbocycles. The largest absolute Gasteiger partial charge is 0.233 e. The molecule has 0 bridgehead atoms. The van der Waals surface area contributed by atoms with Crippen LogP contribution in [0.2, 0.25) is 0 Å². The first kappa shape index (κ1) is 9.22. The van der Waals surface area contributed by atoms with Crippen LogP contribution in [0.15, 0.2) is 15.7 Å². The van der Waals surface area contributed by atoms with Gasteiger partial charge in [-0.3, -0.25) is 0 Å². The molecule has 0 aromatic carbocycles. The predicted molar refractivity (Wildman–Crippen MR) is 54.4 cm³/mol. The highest BCUT2D eigenvalue weighted by molar-refractivity contribution is 9.11. The molecule has 0 unspecified atom stereocenters. The second-order valence-corrected chi connectivity index (χ2v) is 4.18. The molecule has 0 fully saturated rings. The maximum absolute atomic E-state index is 4.10. The summed E-state index contributed by atoms with van der Waals surface area (Å²) in [4.78, 5) is 4.03. The van der Waals surface area contributed by atoms with Crippen molar-refractivity contribution in [3.63, 3.8) is 0 Å². The van der Waals surface area contributed by atoms with E-state index in [0.717, 1.165) is 5.69 Å². The average molecular weight is 325 g/mol. The zero-order valence-electron chi connectivity index (χ0n) is 6.18. The van der Waals surface area contributed by atoms with Crippen molar-refractivity contribution in [1.29, 1.82) is 0 Å². The normalized spacial score (nSPS) is 10.6. The molecule has 2 aromatic heterocycles. The van der Waals surface area contributed by atoms with Crippen molar-refractivity contribution in [2.24, 2.45) is 0 Å². The summed E-state index contributed by atoms with van der Waals surface area (Å²) in [6, 6.07) is 0. The zero-order valence-corrected chi connectivity index (χ0v) is 10.2. The van der Waals surface area contributed by atoms with Crippen molar-refractivity contribution in [2.75, 3.05) is 0 Å². The third-order valence-corrected chi connectivity index (χ3v) is 2.76. The Morgan fingerprint density at radius 1 is 1.46 bits per heavy atom. The predicted octanol–water partition coefficient (Wildman–Crippen LogP) is 1.70. The fraction of sp³-hybridized carbons (Fsp3) is 0.200. The van der Waals surface area contributed by atoms with E-state index in [1.54, 1.807) is 10.9 Å². The van der Waals surface area contributed by atoms with Gasteiger partial charge in [-0.2, -0.15) is 13.7 Å². The maximum Gasteiger partial charge on any atom is 0.218 e. The molecule has 0 aliphatic rings. The van der Waals surface area contributed by atoms with Crippen LogP contribution in [0.4, 0.5) is 0 Å². The van der Waals surface area contributed by atoms with Crippen LogP contribution < -0.4 is 0 Å². The standard InChI is InChI=1S/C5H3Br2N5S/c6-4-9-5(7)12(10-4)2-3-1-8-13-11-3/h1H,2H2. The molecule has 0 radical (unpaired) electrons. The summed E-state index contributed by atoms with van der Waals surface area (Å²) >= 11 is 7.64. The first-order chi connectivity index (χ1) is 6.25. The first-order valence-corrected chi connectivity index (χ1v) is 5.59. The Balaban J connectivity index is 2.23. The lowest BCUT2D eigenvalue weighted by atomic mass is 10.5. The fourth-order valence-electron chi connectivity index (χ4n) is 0.805. The van der Waals surface area contributed by atoms with E-state index < -0.39 is 0 Å². The van der Waals surface area contributed by atoms with Gasteiger partial charge >= 0.3 is 0 Å². The minimum absolute atomic E-state index is 0.558. The highest BCUT2D eigenvalue weighted by atomic mass is 79.9. The van der Waals surface area contributed by atoms with Gasteiger partial charge in [0, 0.05) is 0 Å². The van der Waals surface area contributed by atoms with Gasteiger partial charge in [0.25, 0.3) is 0 Å². The van der Waals surface area contributed by atoms with E-state index in [-0.39, 0.29) is 0 Å². The van der Waals surface area contributed by atoms with E-state index in [0.29, 0.717) is 16.0 Å². The van der Waals surface area contributed by atoms with Crippen molar-refractivity contribution in [3.05, 3.63) is 21.4 Å². The maximum atomic E-state index is 4.10. The van der Waals surface area contributed by atoms with Gasteiger partial charge in [0.2, 0.25) is 4.73 Å². The molecule has 0 aliphatic heterocycles. The second-order valence-electron chi connectivity index (χ2n) is 2.21. The van der Waals surface area contributed by atoms with Crippen LogP contribution in [-0.4, -0.2) is 23.5 Å². The summed E-state index contributed by atoms with van der Waals surface area (Å²) in [6.07, 6.45) is 1.71. The van der Waals surface area contributed by atoms with Crippen LogP contribution in [0.25, 0.3) is 0 Å². The van der Waals surface area contributed by atoms with Gasteiger partial charge in [0.1, 0.15) is 0 Å². The van der Waals surface area contributed by atoms with Gasteiger partial charge in [-0.25, -0.2) is 4.68 Å². The molecule has 0 N–H and O–H groups in total. The number of aromatic nitrogens is 5. The molecule has 0 amide bonds. The molecule has 8 heteroatoms. The number of hydrogen-bond donors (Lipinski definition) is 0.